The van der Waals surface area contributed by atoms with E-state index in [1.165, 1.54) is 6.07 Å². The maximum absolute atomic E-state index is 12.6. The van der Waals surface area contributed by atoms with Crippen LogP contribution >= 0.6 is 0 Å². The lowest BCUT2D eigenvalue weighted by atomic mass is 10.2. The van der Waals surface area contributed by atoms with Crippen LogP contribution in [0.15, 0.2) is 42.6 Å². The molecule has 1 fully saturated rings. The zero-order valence-corrected chi connectivity index (χ0v) is 12.4. The lowest BCUT2D eigenvalue weighted by Gasteiger charge is -2.27. The number of carbonyl (C=O) groups is 1. The van der Waals surface area contributed by atoms with Crippen molar-refractivity contribution < 1.29 is 22.7 Å². The van der Waals surface area contributed by atoms with E-state index in [-0.39, 0.29) is 11.7 Å². The second-order valence-corrected chi connectivity index (χ2v) is 5.30. The second kappa shape index (κ2) is 6.48. The number of ether oxygens (including phenoxy) is 1. The van der Waals surface area contributed by atoms with E-state index in [2.05, 4.69) is 15.6 Å². The van der Waals surface area contributed by atoms with Crippen LogP contribution < -0.4 is 15.4 Å². The van der Waals surface area contributed by atoms with Crippen molar-refractivity contribution >= 4 is 11.6 Å². The van der Waals surface area contributed by atoms with Gasteiger partial charge in [-0.15, -0.1) is 0 Å². The molecule has 126 valence electrons. The van der Waals surface area contributed by atoms with E-state index < -0.39 is 17.8 Å². The highest BCUT2D eigenvalue weighted by Crippen LogP contribution is 2.28. The average molecular weight is 337 g/mol. The summed E-state index contributed by atoms with van der Waals surface area (Å²) < 4.78 is 43.5. The van der Waals surface area contributed by atoms with Crippen molar-refractivity contribution in [3.63, 3.8) is 0 Å². The number of amides is 1. The van der Waals surface area contributed by atoms with Crippen molar-refractivity contribution in [3.05, 3.63) is 53.9 Å². The molecule has 0 bridgehead atoms. The lowest BCUT2D eigenvalue weighted by molar-refractivity contribution is -0.141. The number of aromatic nitrogens is 1. The Hall–Kier alpha value is -2.61. The minimum atomic E-state index is -4.59. The van der Waals surface area contributed by atoms with Crippen LogP contribution in [-0.4, -0.2) is 30.1 Å². The van der Waals surface area contributed by atoms with Crippen LogP contribution in [0.2, 0.25) is 0 Å². The minimum absolute atomic E-state index is 0.113. The van der Waals surface area contributed by atoms with E-state index in [0.29, 0.717) is 11.4 Å². The monoisotopic (exact) mass is 337 g/mol. The molecule has 2 N–H and O–H groups in total. The van der Waals surface area contributed by atoms with Gasteiger partial charge in [0.2, 0.25) is 0 Å². The Kier molecular flexibility index (Phi) is 4.39. The normalized spacial score (nSPS) is 14.8. The Bertz CT molecular complexity index is 728. The third-order valence-corrected chi connectivity index (χ3v) is 3.47. The molecule has 1 aliphatic heterocycles. The summed E-state index contributed by atoms with van der Waals surface area (Å²) in [5.74, 6) is 0.0301. The van der Waals surface area contributed by atoms with Crippen LogP contribution in [0.4, 0.5) is 18.9 Å². The highest BCUT2D eigenvalue weighted by atomic mass is 19.4. The van der Waals surface area contributed by atoms with Gasteiger partial charge in [-0.2, -0.15) is 13.2 Å². The van der Waals surface area contributed by atoms with E-state index in [9.17, 15) is 18.0 Å². The van der Waals surface area contributed by atoms with E-state index in [1.54, 1.807) is 24.3 Å². The van der Waals surface area contributed by atoms with Crippen LogP contribution in [0, 0.1) is 0 Å². The van der Waals surface area contributed by atoms with E-state index in [0.717, 1.165) is 25.4 Å². The SMILES string of the molecule is O=C(Nc1ccc(OC2CNC2)cc1)c1ccnc(C(F)(F)F)c1. The number of alkyl halides is 3. The van der Waals surface area contributed by atoms with Gasteiger partial charge in [0.05, 0.1) is 0 Å². The Balaban J connectivity index is 1.66. The maximum atomic E-state index is 12.6. The largest absolute Gasteiger partial charge is 0.488 e. The quantitative estimate of drug-likeness (QED) is 0.900. The van der Waals surface area contributed by atoms with Crippen LogP contribution in [0.25, 0.3) is 0 Å². The highest BCUT2D eigenvalue weighted by Gasteiger charge is 2.32. The lowest BCUT2D eigenvalue weighted by Crippen LogP contribution is -2.50. The maximum Gasteiger partial charge on any atom is 0.433 e. The third kappa shape index (κ3) is 3.83. The van der Waals surface area contributed by atoms with Gasteiger partial charge in [0.15, 0.2) is 0 Å². The third-order valence-electron chi connectivity index (χ3n) is 3.47. The van der Waals surface area contributed by atoms with Gasteiger partial charge in [0, 0.05) is 30.5 Å². The molecule has 0 spiro atoms. The molecule has 0 atom stereocenters. The Morgan fingerprint density at radius 3 is 2.50 bits per heavy atom. The first kappa shape index (κ1) is 16.3. The molecule has 24 heavy (non-hydrogen) atoms. The van der Waals surface area contributed by atoms with Crippen LogP contribution in [0.3, 0.4) is 0 Å². The number of hydrogen-bond donors (Lipinski definition) is 2. The molecule has 1 aromatic carbocycles. The Morgan fingerprint density at radius 2 is 1.92 bits per heavy atom. The fourth-order valence-corrected chi connectivity index (χ4v) is 2.08. The number of halogens is 3. The van der Waals surface area contributed by atoms with E-state index in [1.807, 2.05) is 0 Å². The molecule has 1 amide bonds. The summed E-state index contributed by atoms with van der Waals surface area (Å²) in [7, 11) is 0. The predicted octanol–water partition coefficient (Wildman–Crippen LogP) is 2.70. The highest BCUT2D eigenvalue weighted by molar-refractivity contribution is 6.04. The molecular formula is C16H14F3N3O2. The number of hydrogen-bond acceptors (Lipinski definition) is 4. The fourth-order valence-electron chi connectivity index (χ4n) is 2.08. The topological polar surface area (TPSA) is 63.2 Å². The second-order valence-electron chi connectivity index (χ2n) is 5.30. The molecule has 1 aromatic heterocycles. The first-order chi connectivity index (χ1) is 11.4. The summed E-state index contributed by atoms with van der Waals surface area (Å²) in [6.45, 7) is 1.59. The van der Waals surface area contributed by atoms with Gasteiger partial charge < -0.3 is 15.4 Å². The number of carbonyl (C=O) groups excluding carboxylic acids is 1. The molecule has 1 aliphatic rings. The van der Waals surface area contributed by atoms with Gasteiger partial charge in [0.25, 0.3) is 5.91 Å². The summed E-state index contributed by atoms with van der Waals surface area (Å²) in [5.41, 5.74) is -0.754. The number of nitrogens with zero attached hydrogens (tertiary/aromatic N) is 1. The zero-order chi connectivity index (χ0) is 17.2. The predicted molar refractivity (Wildman–Crippen MR) is 80.9 cm³/mol. The molecule has 2 aromatic rings. The van der Waals surface area contributed by atoms with Crippen molar-refractivity contribution in [2.75, 3.05) is 18.4 Å². The Labute approximate surface area is 135 Å². The van der Waals surface area contributed by atoms with Crippen molar-refractivity contribution in [2.45, 2.75) is 12.3 Å². The molecule has 8 heteroatoms. The van der Waals surface area contributed by atoms with Crippen molar-refractivity contribution in [1.29, 1.82) is 0 Å². The Morgan fingerprint density at radius 1 is 1.21 bits per heavy atom. The van der Waals surface area contributed by atoms with E-state index >= 15 is 0 Å². The van der Waals surface area contributed by atoms with Crippen molar-refractivity contribution in [2.24, 2.45) is 0 Å². The van der Waals surface area contributed by atoms with Crippen LogP contribution in [-0.2, 0) is 6.18 Å². The van der Waals surface area contributed by atoms with Crippen molar-refractivity contribution in [1.82, 2.24) is 10.3 Å². The van der Waals surface area contributed by atoms with Gasteiger partial charge in [-0.25, -0.2) is 0 Å². The number of nitrogens with one attached hydrogen (secondary N) is 2. The van der Waals surface area contributed by atoms with Gasteiger partial charge in [-0.05, 0) is 36.4 Å². The summed E-state index contributed by atoms with van der Waals surface area (Å²) in [4.78, 5) is 15.3. The summed E-state index contributed by atoms with van der Waals surface area (Å²) in [5, 5.41) is 5.63. The molecule has 0 aliphatic carbocycles. The first-order valence-electron chi connectivity index (χ1n) is 7.24. The average Bonchev–Trinajstić information content (AvgIpc) is 2.52. The molecule has 3 rings (SSSR count). The number of anilines is 1. The van der Waals surface area contributed by atoms with Crippen LogP contribution in [0.1, 0.15) is 16.1 Å². The van der Waals surface area contributed by atoms with Crippen molar-refractivity contribution in [3.8, 4) is 5.75 Å². The standard InChI is InChI=1S/C16H14F3N3O2/c17-16(18,19)14-7-10(5-6-21-14)15(23)22-11-1-3-12(4-2-11)24-13-8-20-9-13/h1-7,13,20H,8-9H2,(H,22,23). The summed E-state index contributed by atoms with van der Waals surface area (Å²) >= 11 is 0. The van der Waals surface area contributed by atoms with Crippen LogP contribution in [0.5, 0.6) is 5.75 Å². The summed E-state index contributed by atoms with van der Waals surface area (Å²) in [6.07, 6.45) is -3.49. The number of benzene rings is 1. The summed E-state index contributed by atoms with van der Waals surface area (Å²) in [6, 6.07) is 8.60. The number of rotatable bonds is 4. The zero-order valence-electron chi connectivity index (χ0n) is 12.4. The van der Waals surface area contributed by atoms with Gasteiger partial charge >= 0.3 is 6.18 Å². The molecule has 0 radical (unpaired) electrons. The number of pyridine rings is 1. The molecule has 5 nitrogen and oxygen atoms in total. The molecule has 2 heterocycles. The first-order valence-corrected chi connectivity index (χ1v) is 7.24. The molecule has 1 saturated heterocycles. The molecule has 0 saturated carbocycles. The smallest absolute Gasteiger partial charge is 0.433 e. The van der Waals surface area contributed by atoms with Gasteiger partial charge in [-0.1, -0.05) is 0 Å². The minimum Gasteiger partial charge on any atom is -0.488 e. The molecule has 0 unspecified atom stereocenters. The van der Waals surface area contributed by atoms with Gasteiger partial charge in [-0.3, -0.25) is 9.78 Å². The van der Waals surface area contributed by atoms with Gasteiger partial charge in [0.1, 0.15) is 17.5 Å². The van der Waals surface area contributed by atoms with E-state index in [4.69, 9.17) is 4.74 Å². The fraction of sp³-hybridized carbons (Fsp3) is 0.250. The molecular weight excluding hydrogens is 323 g/mol.